The number of nitrogens with zero attached hydrogens (tertiary/aromatic N) is 4. The molecule has 0 aromatic carbocycles. The van der Waals surface area contributed by atoms with Crippen LogP contribution in [-0.2, 0) is 0 Å². The van der Waals surface area contributed by atoms with Crippen LogP contribution in [0.2, 0.25) is 0 Å². The molecule has 2 atom stereocenters. The molecule has 6 nitrogen and oxygen atoms in total. The van der Waals surface area contributed by atoms with Gasteiger partial charge in [-0.15, -0.1) is 0 Å². The van der Waals surface area contributed by atoms with Crippen LogP contribution in [0, 0.1) is 35.5 Å². The van der Waals surface area contributed by atoms with Crippen LogP contribution in [0.4, 0.5) is 0 Å². The molecule has 0 aromatic rings. The maximum atomic E-state index is 7.37. The van der Waals surface area contributed by atoms with Gasteiger partial charge in [0.15, 0.2) is 0 Å². The first-order valence-corrected chi connectivity index (χ1v) is 25.2. The van der Waals surface area contributed by atoms with E-state index in [0.29, 0.717) is 0 Å². The number of hydrogen-bond acceptors (Lipinski definition) is 6. The van der Waals surface area contributed by atoms with Crippen LogP contribution in [0.5, 0.6) is 0 Å². The van der Waals surface area contributed by atoms with Gasteiger partial charge in [0.05, 0.1) is 0 Å². The minimum Gasteiger partial charge on any atom is -0.247 e. The molecule has 0 aromatic heterocycles. The molecule has 0 saturated heterocycles. The highest BCUT2D eigenvalue weighted by atomic mass is 35.9. The SMILES string of the molecule is ClP1(Cl)=NP(Cl)(Cl)=NP(Cl)(NC23CC4CC(CC(C4)C2)C3)=NP(Cl)(NC23CC4CC(CC(C4)C2)C3)=N1. The molecule has 0 amide bonds. The fourth-order valence-electron chi connectivity index (χ4n) is 9.83. The molecule has 8 bridgehead atoms. The van der Waals surface area contributed by atoms with E-state index in [4.69, 9.17) is 81.0 Å². The fraction of sp³-hybridized carbons (Fsp3) is 1.00. The Balaban J connectivity index is 1.30. The zero-order valence-corrected chi connectivity index (χ0v) is 27.9. The van der Waals surface area contributed by atoms with Crippen LogP contribution in [0.1, 0.15) is 77.0 Å². The smallest absolute Gasteiger partial charge is 0.247 e. The van der Waals surface area contributed by atoms with Gasteiger partial charge in [-0.2, -0.15) is 18.1 Å². The Morgan fingerprint density at radius 1 is 0.444 bits per heavy atom. The summed E-state index contributed by atoms with van der Waals surface area (Å²) in [6.07, 6.45) is 14.4. The predicted molar refractivity (Wildman–Crippen MR) is 161 cm³/mol. The minimum atomic E-state index is -3.31. The van der Waals surface area contributed by atoms with E-state index in [0.717, 1.165) is 74.0 Å². The summed E-state index contributed by atoms with van der Waals surface area (Å²) in [5, 5.41) is 7.53. The van der Waals surface area contributed by atoms with Crippen molar-refractivity contribution >= 4 is 92.7 Å². The topological polar surface area (TPSA) is 73.5 Å². The summed E-state index contributed by atoms with van der Waals surface area (Å²) >= 11 is 41.3. The van der Waals surface area contributed by atoms with Gasteiger partial charge in [-0.1, -0.05) is 0 Å². The average molecular weight is 693 g/mol. The lowest BCUT2D eigenvalue weighted by Gasteiger charge is -2.58. The van der Waals surface area contributed by atoms with Crippen molar-refractivity contribution < 1.29 is 0 Å². The monoisotopic (exact) mass is 690 g/mol. The number of rotatable bonds is 4. The second kappa shape index (κ2) is 9.04. The normalized spacial score (nSPS) is 55.6. The van der Waals surface area contributed by atoms with Crippen LogP contribution in [-0.4, -0.2) is 11.1 Å². The lowest BCUT2D eigenvalue weighted by Crippen LogP contribution is -2.57. The van der Waals surface area contributed by atoms with Gasteiger partial charge in [0.2, 0.25) is 13.4 Å². The Morgan fingerprint density at radius 3 is 1.11 bits per heavy atom. The van der Waals surface area contributed by atoms with Gasteiger partial charge in [-0.3, -0.25) is 0 Å². The van der Waals surface area contributed by atoms with Gasteiger partial charge in [0.1, 0.15) is 0 Å². The lowest BCUT2D eigenvalue weighted by atomic mass is 9.53. The van der Waals surface area contributed by atoms with Crippen molar-refractivity contribution in [1.29, 1.82) is 0 Å². The fourth-order valence-corrected chi connectivity index (χ4v) is 33.2. The molecule has 1 aliphatic heterocycles. The van der Waals surface area contributed by atoms with Crippen LogP contribution in [0.3, 0.4) is 0 Å². The van der Waals surface area contributed by atoms with Crippen molar-refractivity contribution in [2.45, 2.75) is 88.1 Å². The van der Waals surface area contributed by atoms with E-state index in [2.05, 4.69) is 14.7 Å². The average Bonchev–Trinajstić information content (AvgIpc) is 2.60. The van der Waals surface area contributed by atoms with Crippen LogP contribution in [0.15, 0.2) is 18.1 Å². The van der Waals surface area contributed by atoms with Crippen LogP contribution in [0.25, 0.3) is 0 Å². The van der Waals surface area contributed by atoms with Crippen molar-refractivity contribution in [3.05, 3.63) is 0 Å². The Labute approximate surface area is 243 Å². The van der Waals surface area contributed by atoms with Crippen molar-refractivity contribution in [3.8, 4) is 0 Å². The third-order valence-corrected chi connectivity index (χ3v) is 26.3. The molecule has 8 fully saturated rings. The first-order valence-electron chi connectivity index (χ1n) is 13.0. The third-order valence-electron chi connectivity index (χ3n) is 9.74. The van der Waals surface area contributed by atoms with Crippen molar-refractivity contribution in [1.82, 2.24) is 10.2 Å². The minimum absolute atomic E-state index is 0.110. The van der Waals surface area contributed by atoms with Gasteiger partial charge < -0.3 is 0 Å². The summed E-state index contributed by atoms with van der Waals surface area (Å²) in [4.78, 5) is 0. The summed E-state index contributed by atoms with van der Waals surface area (Å²) in [5.41, 5.74) is -0.221. The van der Waals surface area contributed by atoms with Crippen LogP contribution >= 0.6 is 92.7 Å². The highest BCUT2D eigenvalue weighted by Crippen LogP contribution is 2.85. The zero-order chi connectivity index (χ0) is 25.2. The Bertz CT molecular complexity index is 1080. The molecular formula is C20H32Cl6N6P4. The predicted octanol–water partition coefficient (Wildman–Crippen LogP) is 12.3. The van der Waals surface area contributed by atoms with E-state index in [9.17, 15) is 0 Å². The van der Waals surface area contributed by atoms with Gasteiger partial charge in [-0.05, 0) is 180 Å². The van der Waals surface area contributed by atoms with E-state index >= 15 is 0 Å². The highest BCUT2D eigenvalue weighted by molar-refractivity contribution is 8.21. The quantitative estimate of drug-likeness (QED) is 0.288. The molecule has 0 radical (unpaired) electrons. The summed E-state index contributed by atoms with van der Waals surface area (Å²) in [7, 11) is 0. The van der Waals surface area contributed by atoms with E-state index in [1.54, 1.807) is 0 Å². The van der Waals surface area contributed by atoms with Gasteiger partial charge in [0.25, 0.3) is 11.8 Å². The molecule has 8 saturated carbocycles. The van der Waals surface area contributed by atoms with E-state index < -0.39 is 25.2 Å². The molecule has 8 aliphatic carbocycles. The summed E-state index contributed by atoms with van der Waals surface area (Å²) in [6, 6.07) is 0. The maximum absolute atomic E-state index is 7.37. The zero-order valence-electron chi connectivity index (χ0n) is 19.8. The van der Waals surface area contributed by atoms with Crippen LogP contribution < -0.4 is 10.2 Å². The molecule has 16 heteroatoms. The largest absolute Gasteiger partial charge is 0.257 e. The van der Waals surface area contributed by atoms with Crippen molar-refractivity contribution in [2.24, 2.45) is 53.6 Å². The van der Waals surface area contributed by atoms with Gasteiger partial charge >= 0.3 is 0 Å². The Hall–Kier alpha value is 2.58. The van der Waals surface area contributed by atoms with E-state index in [1.165, 1.54) is 38.5 Å². The molecule has 204 valence electrons. The van der Waals surface area contributed by atoms with Crippen molar-refractivity contribution in [3.63, 3.8) is 0 Å². The Kier molecular flexibility index (Phi) is 6.88. The number of halogens is 6. The number of nitrogens with one attached hydrogen (secondary N) is 2. The second-order valence-corrected chi connectivity index (χ2v) is 29.7. The molecule has 9 rings (SSSR count). The second-order valence-electron chi connectivity index (χ2n) is 12.9. The lowest BCUT2D eigenvalue weighted by molar-refractivity contribution is -0.00773. The molecule has 36 heavy (non-hydrogen) atoms. The molecule has 2 unspecified atom stereocenters. The van der Waals surface area contributed by atoms with Gasteiger partial charge in [0, 0.05) is 11.1 Å². The first kappa shape index (κ1) is 27.4. The Morgan fingerprint density at radius 2 is 0.750 bits per heavy atom. The van der Waals surface area contributed by atoms with E-state index in [1.807, 2.05) is 0 Å². The third kappa shape index (κ3) is 5.40. The molecule has 0 spiro atoms. The number of hydrogen-bond donors (Lipinski definition) is 2. The van der Waals surface area contributed by atoms with E-state index in [-0.39, 0.29) is 11.1 Å². The summed E-state index contributed by atoms with van der Waals surface area (Å²) in [5.74, 6) is -2.24. The highest BCUT2D eigenvalue weighted by Gasteiger charge is 2.55. The molecule has 1 heterocycles. The molecule has 2 N–H and O–H groups in total. The summed E-state index contributed by atoms with van der Waals surface area (Å²) in [6.45, 7) is -6.33. The molecule has 9 aliphatic rings. The van der Waals surface area contributed by atoms with Crippen molar-refractivity contribution in [2.75, 3.05) is 0 Å². The van der Waals surface area contributed by atoms with Gasteiger partial charge in [-0.25, -0.2) is 10.2 Å². The summed E-state index contributed by atoms with van der Waals surface area (Å²) < 4.78 is 19.0. The maximum Gasteiger partial charge on any atom is 0.257 e. The standard InChI is InChI=1S/C20H32Cl6N6P4/c21-33(22)29-34(23,24)31-36(26,28-20-10-16-4-17(11-20)6-18(5-16)12-20)32-35(25,30-33)27-19-7-13-1-14(8-19)3-15(2-13)9-19/h13-18,27-28H,1-12H2. The molecular weight excluding hydrogens is 661 g/mol. The first-order chi connectivity index (χ1) is 16.7.